The second-order valence-corrected chi connectivity index (χ2v) is 8.93. The fourth-order valence-electron chi connectivity index (χ4n) is 4.69. The SMILES string of the molecule is O=C(c1cc2n(n1)[C@@H](C(F)(F)F)C[C@@H](c1cccs1)N2)N1CCN2CCC[C@@H]2C1. The van der Waals surface area contributed by atoms with Gasteiger partial charge in [-0.1, -0.05) is 6.07 Å². The zero-order valence-electron chi connectivity index (χ0n) is 15.7. The summed E-state index contributed by atoms with van der Waals surface area (Å²) in [4.78, 5) is 18.0. The highest BCUT2D eigenvalue weighted by Crippen LogP contribution is 2.44. The van der Waals surface area contributed by atoms with Gasteiger partial charge in [-0.15, -0.1) is 11.3 Å². The maximum Gasteiger partial charge on any atom is 0.410 e. The molecule has 0 spiro atoms. The van der Waals surface area contributed by atoms with E-state index in [1.165, 1.54) is 17.4 Å². The van der Waals surface area contributed by atoms with Crippen LogP contribution < -0.4 is 5.32 Å². The molecule has 2 saturated heterocycles. The minimum absolute atomic E-state index is 0.0834. The highest BCUT2D eigenvalue weighted by Gasteiger charge is 2.47. The summed E-state index contributed by atoms with van der Waals surface area (Å²) in [6.45, 7) is 3.08. The number of carbonyl (C=O) groups excluding carboxylic acids is 1. The van der Waals surface area contributed by atoms with Crippen molar-refractivity contribution < 1.29 is 18.0 Å². The molecule has 5 heterocycles. The molecule has 3 aliphatic rings. The highest BCUT2D eigenvalue weighted by molar-refractivity contribution is 7.10. The van der Waals surface area contributed by atoms with E-state index in [0.717, 1.165) is 35.5 Å². The van der Waals surface area contributed by atoms with Gasteiger partial charge in [0.25, 0.3) is 5.91 Å². The first-order valence-electron chi connectivity index (χ1n) is 9.89. The monoisotopic (exact) mass is 425 g/mol. The van der Waals surface area contributed by atoms with Gasteiger partial charge in [0.1, 0.15) is 5.82 Å². The van der Waals surface area contributed by atoms with Crippen molar-refractivity contribution in [2.24, 2.45) is 0 Å². The zero-order valence-corrected chi connectivity index (χ0v) is 16.5. The Hall–Kier alpha value is -2.07. The first kappa shape index (κ1) is 18.9. The van der Waals surface area contributed by atoms with Crippen molar-refractivity contribution in [3.63, 3.8) is 0 Å². The van der Waals surface area contributed by atoms with Crippen molar-refractivity contribution in [2.45, 2.75) is 43.6 Å². The van der Waals surface area contributed by atoms with E-state index >= 15 is 0 Å². The minimum atomic E-state index is -4.44. The lowest BCUT2D eigenvalue weighted by molar-refractivity contribution is -0.173. The molecule has 2 aromatic rings. The van der Waals surface area contributed by atoms with Crippen molar-refractivity contribution in [3.8, 4) is 0 Å². The number of anilines is 1. The van der Waals surface area contributed by atoms with E-state index in [0.29, 0.717) is 19.1 Å². The molecule has 0 bridgehead atoms. The third-order valence-electron chi connectivity index (χ3n) is 6.17. The van der Waals surface area contributed by atoms with Gasteiger partial charge < -0.3 is 10.2 Å². The number of halogens is 3. The smallest absolute Gasteiger partial charge is 0.363 e. The Labute approximate surface area is 170 Å². The second-order valence-electron chi connectivity index (χ2n) is 7.95. The summed E-state index contributed by atoms with van der Waals surface area (Å²) in [6, 6.07) is 3.29. The van der Waals surface area contributed by atoms with E-state index in [4.69, 9.17) is 0 Å². The number of nitrogens with one attached hydrogen (secondary N) is 1. The number of carbonyl (C=O) groups is 1. The van der Waals surface area contributed by atoms with Gasteiger partial charge in [-0.3, -0.25) is 9.69 Å². The molecule has 0 radical (unpaired) electrons. The van der Waals surface area contributed by atoms with E-state index in [2.05, 4.69) is 15.3 Å². The largest absolute Gasteiger partial charge is 0.410 e. The van der Waals surface area contributed by atoms with Crippen LogP contribution in [0.4, 0.5) is 19.0 Å². The van der Waals surface area contributed by atoms with Gasteiger partial charge in [0.15, 0.2) is 11.7 Å². The second kappa shape index (κ2) is 7.02. The van der Waals surface area contributed by atoms with Gasteiger partial charge in [0.05, 0.1) is 6.04 Å². The minimum Gasteiger partial charge on any atom is -0.363 e. The average molecular weight is 425 g/mol. The predicted molar refractivity (Wildman–Crippen MR) is 103 cm³/mol. The van der Waals surface area contributed by atoms with E-state index in [1.807, 2.05) is 17.5 Å². The van der Waals surface area contributed by atoms with Crippen LogP contribution in [0.25, 0.3) is 0 Å². The number of amides is 1. The Balaban J connectivity index is 1.42. The fourth-order valence-corrected chi connectivity index (χ4v) is 5.48. The third kappa shape index (κ3) is 3.42. The van der Waals surface area contributed by atoms with E-state index in [1.54, 1.807) is 4.90 Å². The summed E-state index contributed by atoms with van der Waals surface area (Å²) >= 11 is 1.42. The number of fused-ring (bicyclic) bond motifs is 2. The Morgan fingerprint density at radius 1 is 1.28 bits per heavy atom. The van der Waals surface area contributed by atoms with Crippen LogP contribution >= 0.6 is 11.3 Å². The molecule has 6 nitrogen and oxygen atoms in total. The molecule has 0 aliphatic carbocycles. The molecule has 2 aromatic heterocycles. The normalized spacial score (nSPS) is 27.4. The number of piperazine rings is 1. The van der Waals surface area contributed by atoms with Crippen molar-refractivity contribution in [3.05, 3.63) is 34.2 Å². The Kier molecular flexibility index (Phi) is 4.58. The molecule has 0 saturated carbocycles. The number of aromatic nitrogens is 2. The standard InChI is InChI=1S/C19H22F3N5OS/c20-19(21,22)16-9-13(15-4-2-8-29-15)23-17-10-14(24-27(16)17)18(28)26-7-6-25-5-1-3-12(25)11-26/h2,4,8,10,12-13,16,23H,1,3,5-7,9,11H2/t12-,13+,16-/m1/s1. The molecule has 1 amide bonds. The Morgan fingerprint density at radius 2 is 2.14 bits per heavy atom. The lowest BCUT2D eigenvalue weighted by Gasteiger charge is -2.37. The summed E-state index contributed by atoms with van der Waals surface area (Å²) in [5, 5.41) is 9.11. The third-order valence-corrected chi connectivity index (χ3v) is 7.16. The van der Waals surface area contributed by atoms with Crippen molar-refractivity contribution in [1.29, 1.82) is 0 Å². The van der Waals surface area contributed by atoms with Gasteiger partial charge >= 0.3 is 6.18 Å². The summed E-state index contributed by atoms with van der Waals surface area (Å²) in [7, 11) is 0. The van der Waals surface area contributed by atoms with Crippen LogP contribution in [0.5, 0.6) is 0 Å². The van der Waals surface area contributed by atoms with Gasteiger partial charge in [-0.05, 0) is 30.8 Å². The first-order valence-corrected chi connectivity index (χ1v) is 10.8. The van der Waals surface area contributed by atoms with Gasteiger partial charge in [0, 0.05) is 43.0 Å². The van der Waals surface area contributed by atoms with Crippen molar-refractivity contribution >= 4 is 23.1 Å². The number of thiophene rings is 1. The molecule has 1 N–H and O–H groups in total. The summed E-state index contributed by atoms with van der Waals surface area (Å²) in [5.41, 5.74) is 0.0834. The van der Waals surface area contributed by atoms with Crippen LogP contribution in [0.2, 0.25) is 0 Å². The summed E-state index contributed by atoms with van der Waals surface area (Å²) in [6.07, 6.45) is -2.39. The topological polar surface area (TPSA) is 53.4 Å². The number of alkyl halides is 3. The quantitative estimate of drug-likeness (QED) is 0.800. The van der Waals surface area contributed by atoms with Crippen LogP contribution in [-0.4, -0.2) is 63.9 Å². The van der Waals surface area contributed by atoms with Crippen LogP contribution in [0, 0.1) is 0 Å². The van der Waals surface area contributed by atoms with Crippen molar-refractivity contribution in [2.75, 3.05) is 31.5 Å². The lowest BCUT2D eigenvalue weighted by atomic mass is 10.0. The Morgan fingerprint density at radius 3 is 2.90 bits per heavy atom. The maximum absolute atomic E-state index is 13.8. The molecule has 0 aromatic carbocycles. The van der Waals surface area contributed by atoms with Crippen LogP contribution in [0.15, 0.2) is 23.6 Å². The van der Waals surface area contributed by atoms with Gasteiger partial charge in [0.2, 0.25) is 0 Å². The van der Waals surface area contributed by atoms with Gasteiger partial charge in [-0.2, -0.15) is 18.3 Å². The highest BCUT2D eigenvalue weighted by atomic mass is 32.1. The molecular weight excluding hydrogens is 403 g/mol. The van der Waals surface area contributed by atoms with Crippen LogP contribution in [-0.2, 0) is 0 Å². The molecule has 3 atom stereocenters. The van der Waals surface area contributed by atoms with E-state index in [9.17, 15) is 18.0 Å². The molecule has 5 rings (SSSR count). The zero-order chi connectivity index (χ0) is 20.2. The average Bonchev–Trinajstić information content (AvgIpc) is 3.44. The van der Waals surface area contributed by atoms with Crippen molar-refractivity contribution in [1.82, 2.24) is 19.6 Å². The summed E-state index contributed by atoms with van der Waals surface area (Å²) < 4.78 is 42.2. The molecule has 0 unspecified atom stereocenters. The molecule has 2 fully saturated rings. The summed E-state index contributed by atoms with van der Waals surface area (Å²) in [5.74, 6) is -0.0336. The number of hydrogen-bond acceptors (Lipinski definition) is 5. The molecule has 10 heteroatoms. The fraction of sp³-hybridized carbons (Fsp3) is 0.579. The number of nitrogens with zero attached hydrogens (tertiary/aromatic N) is 4. The van der Waals surface area contributed by atoms with Crippen LogP contribution in [0.3, 0.4) is 0 Å². The molecule has 3 aliphatic heterocycles. The van der Waals surface area contributed by atoms with E-state index < -0.39 is 18.3 Å². The molecular formula is C19H22F3N5OS. The number of hydrogen-bond donors (Lipinski definition) is 1. The van der Waals surface area contributed by atoms with Crippen LogP contribution in [0.1, 0.15) is 46.7 Å². The first-order chi connectivity index (χ1) is 13.9. The predicted octanol–water partition coefficient (Wildman–Crippen LogP) is 3.53. The van der Waals surface area contributed by atoms with Gasteiger partial charge in [-0.25, -0.2) is 4.68 Å². The molecule has 29 heavy (non-hydrogen) atoms. The lowest BCUT2D eigenvalue weighted by Crippen LogP contribution is -2.52. The molecule has 156 valence electrons. The number of rotatable bonds is 2. The van der Waals surface area contributed by atoms with E-state index in [-0.39, 0.29) is 23.8 Å². The maximum atomic E-state index is 13.8. The Bertz CT molecular complexity index is 896.